The van der Waals surface area contributed by atoms with Gasteiger partial charge in [-0.2, -0.15) is 0 Å². The highest BCUT2D eigenvalue weighted by atomic mass is 35.5. The van der Waals surface area contributed by atoms with Crippen molar-refractivity contribution < 1.29 is 0 Å². The van der Waals surface area contributed by atoms with Crippen LogP contribution in [0.2, 0.25) is 5.02 Å². The van der Waals surface area contributed by atoms with Crippen LogP contribution in [0.4, 0.5) is 5.69 Å². The molecule has 0 bridgehead atoms. The molecule has 0 atom stereocenters. The molecule has 0 saturated carbocycles. The molecule has 0 aliphatic rings. The Balaban J connectivity index is 2.23. The van der Waals surface area contributed by atoms with Gasteiger partial charge in [0.05, 0.1) is 0 Å². The maximum absolute atomic E-state index is 5.91. The fraction of sp³-hybridized carbons (Fsp3) is 0.0769. The number of benzene rings is 2. The van der Waals surface area contributed by atoms with Crippen molar-refractivity contribution in [1.82, 2.24) is 0 Å². The van der Waals surface area contributed by atoms with E-state index in [-0.39, 0.29) is 0 Å². The summed E-state index contributed by atoms with van der Waals surface area (Å²) in [6.45, 7) is 2.06. The first-order valence-electron chi connectivity index (χ1n) is 4.95. The molecule has 0 unspecified atom stereocenters. The van der Waals surface area contributed by atoms with Crippen LogP contribution in [-0.2, 0) is 0 Å². The van der Waals surface area contributed by atoms with E-state index in [1.54, 1.807) is 11.8 Å². The third-order valence-electron chi connectivity index (χ3n) is 2.24. The molecule has 3 heteroatoms. The van der Waals surface area contributed by atoms with Crippen LogP contribution in [0.15, 0.2) is 52.3 Å². The SMILES string of the molecule is Cc1cc(Cl)ccc1Sc1ccc(N)cc1. The largest absolute Gasteiger partial charge is 0.399 e. The summed E-state index contributed by atoms with van der Waals surface area (Å²) in [6, 6.07) is 13.8. The molecular formula is C13H12ClNS. The quantitative estimate of drug-likeness (QED) is 0.800. The van der Waals surface area contributed by atoms with Crippen molar-refractivity contribution in [3.63, 3.8) is 0 Å². The summed E-state index contributed by atoms with van der Waals surface area (Å²) in [5, 5.41) is 0.777. The Bertz CT molecular complexity index is 494. The third-order valence-corrected chi connectivity index (χ3v) is 3.67. The molecule has 0 heterocycles. The highest BCUT2D eigenvalue weighted by molar-refractivity contribution is 7.99. The number of nitrogen functional groups attached to an aromatic ring is 1. The van der Waals surface area contributed by atoms with Crippen LogP contribution in [0.1, 0.15) is 5.56 Å². The summed E-state index contributed by atoms with van der Waals surface area (Å²) in [6.07, 6.45) is 0. The van der Waals surface area contributed by atoms with Gasteiger partial charge in [-0.15, -0.1) is 0 Å². The summed E-state index contributed by atoms with van der Waals surface area (Å²) >= 11 is 7.63. The van der Waals surface area contributed by atoms with Gasteiger partial charge in [0.15, 0.2) is 0 Å². The van der Waals surface area contributed by atoms with Crippen LogP contribution in [0.25, 0.3) is 0 Å². The standard InChI is InChI=1S/C13H12ClNS/c1-9-8-10(14)2-7-13(9)16-12-5-3-11(15)4-6-12/h2-8H,15H2,1H3. The molecule has 0 aromatic heterocycles. The average molecular weight is 250 g/mol. The van der Waals surface area contributed by atoms with Crippen LogP contribution in [0, 0.1) is 6.92 Å². The predicted molar refractivity (Wildman–Crippen MR) is 71.2 cm³/mol. The Labute approximate surface area is 105 Å². The summed E-state index contributed by atoms with van der Waals surface area (Å²) in [5.41, 5.74) is 7.62. The fourth-order valence-electron chi connectivity index (χ4n) is 1.39. The van der Waals surface area contributed by atoms with Gasteiger partial charge in [0.25, 0.3) is 0 Å². The van der Waals surface area contributed by atoms with Crippen LogP contribution in [-0.4, -0.2) is 0 Å². The Morgan fingerprint density at radius 1 is 1.06 bits per heavy atom. The molecule has 0 aliphatic heterocycles. The average Bonchev–Trinajstić information content (AvgIpc) is 2.25. The molecule has 0 amide bonds. The van der Waals surface area contributed by atoms with E-state index in [4.69, 9.17) is 17.3 Å². The topological polar surface area (TPSA) is 26.0 Å². The van der Waals surface area contributed by atoms with Crippen LogP contribution >= 0.6 is 23.4 Å². The molecule has 2 aromatic carbocycles. The van der Waals surface area contributed by atoms with Crippen molar-refractivity contribution >= 4 is 29.1 Å². The van der Waals surface area contributed by atoms with Gasteiger partial charge in [0, 0.05) is 20.5 Å². The van der Waals surface area contributed by atoms with E-state index in [2.05, 4.69) is 6.92 Å². The Hall–Kier alpha value is -1.12. The van der Waals surface area contributed by atoms with E-state index in [0.29, 0.717) is 0 Å². The van der Waals surface area contributed by atoms with Crippen molar-refractivity contribution in [3.05, 3.63) is 53.1 Å². The van der Waals surface area contributed by atoms with Gasteiger partial charge >= 0.3 is 0 Å². The van der Waals surface area contributed by atoms with Gasteiger partial charge in [-0.1, -0.05) is 23.4 Å². The number of hydrogen-bond donors (Lipinski definition) is 1. The second-order valence-corrected chi connectivity index (χ2v) is 5.13. The Kier molecular flexibility index (Phi) is 3.42. The molecule has 82 valence electrons. The van der Waals surface area contributed by atoms with E-state index >= 15 is 0 Å². The molecule has 0 spiro atoms. The van der Waals surface area contributed by atoms with Gasteiger partial charge in [0.2, 0.25) is 0 Å². The number of aryl methyl sites for hydroxylation is 1. The normalized spacial score (nSPS) is 10.4. The lowest BCUT2D eigenvalue weighted by molar-refractivity contribution is 1.29. The maximum Gasteiger partial charge on any atom is 0.0409 e. The van der Waals surface area contributed by atoms with Gasteiger partial charge in [-0.05, 0) is 55.0 Å². The maximum atomic E-state index is 5.91. The first kappa shape index (κ1) is 11.4. The highest BCUT2D eigenvalue weighted by Crippen LogP contribution is 2.31. The summed E-state index contributed by atoms with van der Waals surface area (Å²) in [7, 11) is 0. The molecular weight excluding hydrogens is 238 g/mol. The van der Waals surface area contributed by atoms with Gasteiger partial charge in [0.1, 0.15) is 0 Å². The highest BCUT2D eigenvalue weighted by Gasteiger charge is 2.01. The summed E-state index contributed by atoms with van der Waals surface area (Å²) in [4.78, 5) is 2.40. The monoisotopic (exact) mass is 249 g/mol. The predicted octanol–water partition coefficient (Wildman–Crippen LogP) is 4.38. The molecule has 0 saturated heterocycles. The molecule has 2 rings (SSSR count). The molecule has 1 nitrogen and oxygen atoms in total. The number of halogens is 1. The lowest BCUT2D eigenvalue weighted by Gasteiger charge is -2.06. The molecule has 16 heavy (non-hydrogen) atoms. The summed E-state index contributed by atoms with van der Waals surface area (Å²) < 4.78 is 0. The zero-order chi connectivity index (χ0) is 11.5. The van der Waals surface area contributed by atoms with Gasteiger partial charge < -0.3 is 5.73 Å². The van der Waals surface area contributed by atoms with Crippen LogP contribution < -0.4 is 5.73 Å². The van der Waals surface area contributed by atoms with Gasteiger partial charge in [-0.25, -0.2) is 0 Å². The molecule has 0 aliphatic carbocycles. The molecule has 0 radical (unpaired) electrons. The van der Waals surface area contributed by atoms with E-state index in [9.17, 15) is 0 Å². The van der Waals surface area contributed by atoms with Crippen LogP contribution in [0.3, 0.4) is 0 Å². The van der Waals surface area contributed by atoms with Crippen molar-refractivity contribution in [3.8, 4) is 0 Å². The van der Waals surface area contributed by atoms with Crippen molar-refractivity contribution in [2.45, 2.75) is 16.7 Å². The summed E-state index contributed by atoms with van der Waals surface area (Å²) in [5.74, 6) is 0. The first-order valence-corrected chi connectivity index (χ1v) is 6.14. The van der Waals surface area contributed by atoms with E-state index in [1.807, 2.05) is 42.5 Å². The smallest absolute Gasteiger partial charge is 0.0409 e. The zero-order valence-corrected chi connectivity index (χ0v) is 10.5. The Morgan fingerprint density at radius 2 is 1.75 bits per heavy atom. The van der Waals surface area contributed by atoms with Crippen molar-refractivity contribution in [2.75, 3.05) is 5.73 Å². The zero-order valence-electron chi connectivity index (χ0n) is 8.91. The second-order valence-electron chi connectivity index (χ2n) is 3.58. The number of anilines is 1. The minimum Gasteiger partial charge on any atom is -0.399 e. The number of hydrogen-bond acceptors (Lipinski definition) is 2. The van der Waals surface area contributed by atoms with Gasteiger partial charge in [-0.3, -0.25) is 0 Å². The first-order chi connectivity index (χ1) is 7.65. The lowest BCUT2D eigenvalue weighted by Crippen LogP contribution is -1.83. The Morgan fingerprint density at radius 3 is 2.38 bits per heavy atom. The van der Waals surface area contributed by atoms with E-state index in [1.165, 1.54) is 15.4 Å². The lowest BCUT2D eigenvalue weighted by atomic mass is 10.2. The third kappa shape index (κ3) is 2.71. The fourth-order valence-corrected chi connectivity index (χ4v) is 2.50. The van der Waals surface area contributed by atoms with E-state index < -0.39 is 0 Å². The van der Waals surface area contributed by atoms with Crippen molar-refractivity contribution in [2.24, 2.45) is 0 Å². The second kappa shape index (κ2) is 4.81. The van der Waals surface area contributed by atoms with E-state index in [0.717, 1.165) is 10.7 Å². The minimum absolute atomic E-state index is 0.777. The number of rotatable bonds is 2. The van der Waals surface area contributed by atoms with Crippen molar-refractivity contribution in [1.29, 1.82) is 0 Å². The molecule has 2 N–H and O–H groups in total. The molecule has 2 aromatic rings. The minimum atomic E-state index is 0.777. The number of nitrogens with two attached hydrogens (primary N) is 1. The molecule has 0 fully saturated rings. The van der Waals surface area contributed by atoms with Crippen LogP contribution in [0.5, 0.6) is 0 Å².